The van der Waals surface area contributed by atoms with Crippen molar-refractivity contribution in [3.63, 3.8) is 0 Å². The normalized spacial score (nSPS) is 18.4. The molecule has 77 valence electrons. The molecule has 0 aliphatic heterocycles. The first-order valence-electron chi connectivity index (χ1n) is 5.68. The van der Waals surface area contributed by atoms with Crippen LogP contribution in [0, 0.1) is 6.42 Å². The molecule has 3 rings (SSSR count). The summed E-state index contributed by atoms with van der Waals surface area (Å²) in [5.41, 5.74) is 2.67. The van der Waals surface area contributed by atoms with Crippen molar-refractivity contribution in [3.8, 4) is 0 Å². The van der Waals surface area contributed by atoms with E-state index in [9.17, 15) is 0 Å². The predicted octanol–water partition coefficient (Wildman–Crippen LogP) is 3.42. The molecule has 2 nitrogen and oxygen atoms in total. The fourth-order valence-electron chi connectivity index (χ4n) is 2.55. The Morgan fingerprint density at radius 1 is 1.40 bits per heavy atom. The molecule has 0 amide bonds. The van der Waals surface area contributed by atoms with Crippen LogP contribution in [0.1, 0.15) is 37.2 Å². The number of hydrogen-bond donors (Lipinski definition) is 1. The van der Waals surface area contributed by atoms with Crippen molar-refractivity contribution in [1.82, 2.24) is 9.97 Å². The van der Waals surface area contributed by atoms with Crippen LogP contribution >= 0.6 is 0 Å². The lowest BCUT2D eigenvalue weighted by molar-refractivity contribution is 0.520. The van der Waals surface area contributed by atoms with Gasteiger partial charge in [0, 0.05) is 29.5 Å². The smallest absolute Gasteiger partial charge is 0.0487 e. The van der Waals surface area contributed by atoms with Crippen molar-refractivity contribution in [3.05, 3.63) is 36.6 Å². The minimum absolute atomic E-state index is 0.705. The summed E-state index contributed by atoms with van der Waals surface area (Å²) in [4.78, 5) is 7.54. The van der Waals surface area contributed by atoms with Gasteiger partial charge in [-0.15, -0.1) is 0 Å². The van der Waals surface area contributed by atoms with Crippen LogP contribution in [0.15, 0.2) is 24.7 Å². The van der Waals surface area contributed by atoms with E-state index in [1.165, 1.54) is 42.1 Å². The van der Waals surface area contributed by atoms with Gasteiger partial charge in [-0.25, -0.2) is 0 Å². The highest BCUT2D eigenvalue weighted by Crippen LogP contribution is 2.35. The summed E-state index contributed by atoms with van der Waals surface area (Å²) in [6, 6.07) is 2.05. The first-order chi connectivity index (χ1) is 7.45. The van der Waals surface area contributed by atoms with E-state index in [1.54, 1.807) is 0 Å². The molecule has 2 heterocycles. The summed E-state index contributed by atoms with van der Waals surface area (Å²) in [5.74, 6) is 0.705. The largest absolute Gasteiger partial charge is 0.361 e. The number of nitrogens with one attached hydrogen (secondary N) is 1. The molecule has 0 saturated heterocycles. The van der Waals surface area contributed by atoms with Crippen molar-refractivity contribution in [1.29, 1.82) is 0 Å². The van der Waals surface area contributed by atoms with E-state index in [0.717, 1.165) is 0 Å². The molecule has 15 heavy (non-hydrogen) atoms. The van der Waals surface area contributed by atoms with Gasteiger partial charge in [-0.05, 0) is 36.8 Å². The highest BCUT2D eigenvalue weighted by molar-refractivity contribution is 5.82. The van der Waals surface area contributed by atoms with Crippen LogP contribution in [0.25, 0.3) is 10.9 Å². The Balaban J connectivity index is 2.02. The van der Waals surface area contributed by atoms with Gasteiger partial charge in [0.25, 0.3) is 0 Å². The van der Waals surface area contributed by atoms with Gasteiger partial charge in [-0.2, -0.15) is 0 Å². The van der Waals surface area contributed by atoms with E-state index in [4.69, 9.17) is 0 Å². The fraction of sp³-hybridized carbons (Fsp3) is 0.385. The maximum absolute atomic E-state index is 4.21. The molecule has 1 saturated carbocycles. The third-order valence-corrected chi connectivity index (χ3v) is 3.37. The number of nitrogens with zero attached hydrogens (tertiary/aromatic N) is 1. The van der Waals surface area contributed by atoms with Crippen molar-refractivity contribution >= 4 is 10.9 Å². The molecule has 1 fully saturated rings. The van der Waals surface area contributed by atoms with Gasteiger partial charge >= 0.3 is 0 Å². The van der Waals surface area contributed by atoms with Crippen molar-refractivity contribution < 1.29 is 0 Å². The quantitative estimate of drug-likeness (QED) is 0.749. The molecular formula is C13H15N2. The SMILES string of the molecule is [CH]1CCCC(c2c[nH]c3ccncc23)C1. The second-order valence-electron chi connectivity index (χ2n) is 4.32. The van der Waals surface area contributed by atoms with Crippen LogP contribution < -0.4 is 0 Å². The molecule has 1 radical (unpaired) electrons. The van der Waals surface area contributed by atoms with E-state index in [0.29, 0.717) is 5.92 Å². The molecule has 1 atom stereocenters. The lowest BCUT2D eigenvalue weighted by atomic mass is 9.84. The Bertz CT molecular complexity index is 452. The highest BCUT2D eigenvalue weighted by Gasteiger charge is 2.18. The average molecular weight is 199 g/mol. The zero-order valence-corrected chi connectivity index (χ0v) is 8.74. The van der Waals surface area contributed by atoms with Crippen LogP contribution in [-0.2, 0) is 0 Å². The Morgan fingerprint density at radius 2 is 2.40 bits per heavy atom. The number of pyridine rings is 1. The number of aromatic amines is 1. The summed E-state index contributed by atoms with van der Waals surface area (Å²) < 4.78 is 0. The van der Waals surface area contributed by atoms with Gasteiger partial charge < -0.3 is 4.98 Å². The van der Waals surface area contributed by atoms with E-state index in [-0.39, 0.29) is 0 Å². The van der Waals surface area contributed by atoms with Crippen molar-refractivity contribution in [2.45, 2.75) is 31.6 Å². The van der Waals surface area contributed by atoms with Gasteiger partial charge in [0.2, 0.25) is 0 Å². The fourth-order valence-corrected chi connectivity index (χ4v) is 2.55. The Morgan fingerprint density at radius 3 is 3.27 bits per heavy atom. The number of H-pyrrole nitrogens is 1. The summed E-state index contributed by atoms with van der Waals surface area (Å²) in [5, 5.41) is 1.30. The van der Waals surface area contributed by atoms with Gasteiger partial charge in [-0.3, -0.25) is 4.98 Å². The molecule has 1 N–H and O–H groups in total. The molecule has 2 aromatic heterocycles. The second-order valence-corrected chi connectivity index (χ2v) is 4.32. The van der Waals surface area contributed by atoms with Crippen molar-refractivity contribution in [2.24, 2.45) is 0 Å². The van der Waals surface area contributed by atoms with Crippen molar-refractivity contribution in [2.75, 3.05) is 0 Å². The maximum atomic E-state index is 4.21. The van der Waals surface area contributed by atoms with Gasteiger partial charge in [-0.1, -0.05) is 12.8 Å². The standard InChI is InChI=1S/C13H15N2/c1-2-4-10(5-3-1)11-9-15-13-6-7-14-8-12(11)13/h2,6-10,15H,1,3-5H2. The molecule has 1 aliphatic rings. The van der Waals surface area contributed by atoms with E-state index < -0.39 is 0 Å². The molecule has 1 unspecified atom stereocenters. The minimum Gasteiger partial charge on any atom is -0.361 e. The first-order valence-corrected chi connectivity index (χ1v) is 5.68. The Kier molecular flexibility index (Phi) is 2.20. The number of aromatic nitrogens is 2. The van der Waals surface area contributed by atoms with Gasteiger partial charge in [0.1, 0.15) is 0 Å². The minimum atomic E-state index is 0.705. The number of fused-ring (bicyclic) bond motifs is 1. The molecule has 1 aliphatic carbocycles. The first kappa shape index (κ1) is 8.96. The van der Waals surface area contributed by atoms with Crippen LogP contribution in [0.4, 0.5) is 0 Å². The average Bonchev–Trinajstić information content (AvgIpc) is 2.74. The van der Waals surface area contributed by atoms with E-state index in [2.05, 4.69) is 22.6 Å². The van der Waals surface area contributed by atoms with Crippen LogP contribution in [0.5, 0.6) is 0 Å². The Labute approximate surface area is 89.7 Å². The third kappa shape index (κ3) is 1.54. The maximum Gasteiger partial charge on any atom is 0.0487 e. The predicted molar refractivity (Wildman–Crippen MR) is 61.6 cm³/mol. The Hall–Kier alpha value is -1.31. The zero-order chi connectivity index (χ0) is 10.1. The van der Waals surface area contributed by atoms with Crippen LogP contribution in [0.3, 0.4) is 0 Å². The molecule has 0 bridgehead atoms. The van der Waals surface area contributed by atoms with Gasteiger partial charge in [0.05, 0.1) is 0 Å². The molecule has 0 aromatic carbocycles. The third-order valence-electron chi connectivity index (χ3n) is 3.37. The van der Waals surface area contributed by atoms with E-state index in [1.807, 2.05) is 18.5 Å². The molecule has 0 spiro atoms. The van der Waals surface area contributed by atoms with Crippen LogP contribution in [-0.4, -0.2) is 9.97 Å². The summed E-state index contributed by atoms with van der Waals surface area (Å²) >= 11 is 0. The van der Waals surface area contributed by atoms with Gasteiger partial charge in [0.15, 0.2) is 0 Å². The highest BCUT2D eigenvalue weighted by atomic mass is 14.7. The molecule has 2 aromatic rings. The monoisotopic (exact) mass is 199 g/mol. The lowest BCUT2D eigenvalue weighted by Crippen LogP contribution is -2.04. The second kappa shape index (κ2) is 3.69. The summed E-state index contributed by atoms with van der Waals surface area (Å²) in [6.45, 7) is 0. The zero-order valence-electron chi connectivity index (χ0n) is 8.74. The summed E-state index contributed by atoms with van der Waals surface area (Å²) in [7, 11) is 0. The van der Waals surface area contributed by atoms with E-state index >= 15 is 0 Å². The topological polar surface area (TPSA) is 28.7 Å². The molecular weight excluding hydrogens is 184 g/mol. The number of rotatable bonds is 1. The summed E-state index contributed by atoms with van der Waals surface area (Å²) in [6.07, 6.45) is 13.6. The molecule has 2 heteroatoms. The van der Waals surface area contributed by atoms with Crippen LogP contribution in [0.2, 0.25) is 0 Å². The number of hydrogen-bond acceptors (Lipinski definition) is 1. The lowest BCUT2D eigenvalue weighted by Gasteiger charge is -2.20.